The molecule has 3 rings (SSSR count). The SMILES string of the molecule is CCOC(=O)N1CCN(c2nc3cc(OC)c(OC)c(C)c3c(=O)[nH]2)CC1. The lowest BCUT2D eigenvalue weighted by molar-refractivity contribution is 0.105. The van der Waals surface area contributed by atoms with E-state index in [-0.39, 0.29) is 11.7 Å². The first kappa shape index (κ1) is 18.8. The lowest BCUT2D eigenvalue weighted by Gasteiger charge is -2.34. The van der Waals surface area contributed by atoms with Crippen LogP contribution in [-0.4, -0.2) is 68.0 Å². The van der Waals surface area contributed by atoms with Crippen molar-refractivity contribution in [2.45, 2.75) is 13.8 Å². The predicted molar refractivity (Wildman–Crippen MR) is 101 cm³/mol. The maximum atomic E-state index is 12.7. The van der Waals surface area contributed by atoms with Gasteiger partial charge in [-0.15, -0.1) is 0 Å². The highest BCUT2D eigenvalue weighted by atomic mass is 16.6. The van der Waals surface area contributed by atoms with Crippen molar-refractivity contribution in [2.24, 2.45) is 0 Å². The molecule has 146 valence electrons. The summed E-state index contributed by atoms with van der Waals surface area (Å²) >= 11 is 0. The molecule has 1 aliphatic heterocycles. The molecule has 2 aromatic rings. The third kappa shape index (κ3) is 3.49. The first-order valence-electron chi connectivity index (χ1n) is 8.82. The number of ether oxygens (including phenoxy) is 3. The third-order valence-electron chi connectivity index (χ3n) is 4.67. The molecule has 2 heterocycles. The summed E-state index contributed by atoms with van der Waals surface area (Å²) in [4.78, 5) is 35.6. The summed E-state index contributed by atoms with van der Waals surface area (Å²) in [7, 11) is 3.08. The summed E-state index contributed by atoms with van der Waals surface area (Å²) < 4.78 is 15.8. The summed E-state index contributed by atoms with van der Waals surface area (Å²) in [6, 6.07) is 1.70. The van der Waals surface area contributed by atoms with Gasteiger partial charge in [0.2, 0.25) is 5.95 Å². The molecule has 0 radical (unpaired) electrons. The number of aromatic nitrogens is 2. The molecule has 1 amide bonds. The molecule has 0 unspecified atom stereocenters. The number of aromatic amines is 1. The Morgan fingerprint density at radius 3 is 2.52 bits per heavy atom. The number of H-pyrrole nitrogens is 1. The van der Waals surface area contributed by atoms with Crippen molar-refractivity contribution in [3.63, 3.8) is 0 Å². The van der Waals surface area contributed by atoms with Crippen molar-refractivity contribution in [3.8, 4) is 11.5 Å². The number of rotatable bonds is 4. The number of fused-ring (bicyclic) bond motifs is 1. The van der Waals surface area contributed by atoms with Crippen LogP contribution in [0, 0.1) is 6.92 Å². The second-order valence-corrected chi connectivity index (χ2v) is 6.19. The Hall–Kier alpha value is -2.97. The van der Waals surface area contributed by atoms with Crippen molar-refractivity contribution < 1.29 is 19.0 Å². The second kappa shape index (κ2) is 7.73. The summed E-state index contributed by atoms with van der Waals surface area (Å²) in [5, 5.41) is 0.474. The van der Waals surface area contributed by atoms with Crippen LogP contribution >= 0.6 is 0 Å². The van der Waals surface area contributed by atoms with E-state index in [2.05, 4.69) is 9.97 Å². The third-order valence-corrected chi connectivity index (χ3v) is 4.67. The fourth-order valence-corrected chi connectivity index (χ4v) is 3.30. The minimum atomic E-state index is -0.315. The van der Waals surface area contributed by atoms with Crippen LogP contribution in [0.25, 0.3) is 10.9 Å². The van der Waals surface area contributed by atoms with Crippen LogP contribution in [0.15, 0.2) is 10.9 Å². The summed E-state index contributed by atoms with van der Waals surface area (Å²) in [5.41, 5.74) is 0.984. The number of nitrogens with zero attached hydrogens (tertiary/aromatic N) is 3. The summed E-state index contributed by atoms with van der Waals surface area (Å²) in [5.74, 6) is 1.52. The molecule has 1 aromatic heterocycles. The van der Waals surface area contributed by atoms with Crippen LogP contribution in [0.1, 0.15) is 12.5 Å². The minimum absolute atomic E-state index is 0.235. The van der Waals surface area contributed by atoms with Crippen LogP contribution in [0.2, 0.25) is 0 Å². The molecule has 0 bridgehead atoms. The molecule has 0 spiro atoms. The zero-order valence-electron chi connectivity index (χ0n) is 16.0. The standard InChI is InChI=1S/C18H24N4O5/c1-5-27-18(24)22-8-6-21(7-9-22)17-19-12-10-13(25-3)15(26-4)11(2)14(12)16(23)20-17/h10H,5-9H2,1-4H3,(H,19,20,23). The van der Waals surface area contributed by atoms with E-state index in [9.17, 15) is 9.59 Å². The van der Waals surface area contributed by atoms with E-state index in [1.54, 1.807) is 31.9 Å². The van der Waals surface area contributed by atoms with Crippen LogP contribution in [-0.2, 0) is 4.74 Å². The van der Waals surface area contributed by atoms with Crippen LogP contribution in [0.4, 0.5) is 10.7 Å². The number of anilines is 1. The molecule has 1 aliphatic rings. The fraction of sp³-hybridized carbons (Fsp3) is 0.500. The molecule has 0 saturated carbocycles. The monoisotopic (exact) mass is 376 g/mol. The number of nitrogens with one attached hydrogen (secondary N) is 1. The molecule has 1 fully saturated rings. The van der Waals surface area contributed by atoms with E-state index in [1.165, 1.54) is 7.11 Å². The zero-order valence-corrected chi connectivity index (χ0v) is 16.0. The molecule has 1 aromatic carbocycles. The highest BCUT2D eigenvalue weighted by Gasteiger charge is 2.24. The van der Waals surface area contributed by atoms with Crippen molar-refractivity contribution in [1.82, 2.24) is 14.9 Å². The quantitative estimate of drug-likeness (QED) is 0.864. The van der Waals surface area contributed by atoms with E-state index in [0.29, 0.717) is 66.7 Å². The average Bonchev–Trinajstić information content (AvgIpc) is 2.67. The Morgan fingerprint density at radius 1 is 1.22 bits per heavy atom. The summed E-state index contributed by atoms with van der Waals surface area (Å²) in [6.45, 7) is 6.06. The number of hydrogen-bond acceptors (Lipinski definition) is 7. The van der Waals surface area contributed by atoms with E-state index < -0.39 is 0 Å². The van der Waals surface area contributed by atoms with Crippen LogP contribution < -0.4 is 19.9 Å². The van der Waals surface area contributed by atoms with Gasteiger partial charge in [-0.25, -0.2) is 9.78 Å². The number of hydrogen-bond donors (Lipinski definition) is 1. The van der Waals surface area contributed by atoms with Gasteiger partial charge >= 0.3 is 6.09 Å². The number of carbonyl (C=O) groups is 1. The van der Waals surface area contributed by atoms with Crippen LogP contribution in [0.5, 0.6) is 11.5 Å². The number of carbonyl (C=O) groups excluding carboxylic acids is 1. The molecule has 9 heteroatoms. The van der Waals surface area contributed by atoms with E-state index in [4.69, 9.17) is 14.2 Å². The largest absolute Gasteiger partial charge is 0.493 e. The smallest absolute Gasteiger partial charge is 0.409 e. The lowest BCUT2D eigenvalue weighted by atomic mass is 10.1. The maximum Gasteiger partial charge on any atom is 0.409 e. The second-order valence-electron chi connectivity index (χ2n) is 6.19. The molecule has 0 atom stereocenters. The van der Waals surface area contributed by atoms with Crippen LogP contribution in [0.3, 0.4) is 0 Å². The number of amides is 1. The van der Waals surface area contributed by atoms with Gasteiger partial charge < -0.3 is 24.0 Å². The summed E-state index contributed by atoms with van der Waals surface area (Å²) in [6.07, 6.45) is -0.315. The number of methoxy groups -OCH3 is 2. The molecular formula is C18H24N4O5. The van der Waals surface area contributed by atoms with Gasteiger partial charge in [0.1, 0.15) is 0 Å². The van der Waals surface area contributed by atoms with Gasteiger partial charge in [0.25, 0.3) is 5.56 Å². The molecule has 0 aliphatic carbocycles. The average molecular weight is 376 g/mol. The zero-order chi connectivity index (χ0) is 19.6. The van der Waals surface area contributed by atoms with Crippen molar-refractivity contribution in [3.05, 3.63) is 22.0 Å². The Labute approximate surface area is 156 Å². The minimum Gasteiger partial charge on any atom is -0.493 e. The number of aryl methyl sites for hydroxylation is 1. The molecule has 27 heavy (non-hydrogen) atoms. The van der Waals surface area contributed by atoms with E-state index >= 15 is 0 Å². The fourth-order valence-electron chi connectivity index (χ4n) is 3.30. The predicted octanol–water partition coefficient (Wildman–Crippen LogP) is 1.53. The Balaban J connectivity index is 1.91. The lowest BCUT2D eigenvalue weighted by Crippen LogP contribution is -2.49. The topological polar surface area (TPSA) is 97.0 Å². The van der Waals surface area contributed by atoms with Gasteiger partial charge in [0.05, 0.1) is 31.7 Å². The van der Waals surface area contributed by atoms with Gasteiger partial charge in [-0.1, -0.05) is 0 Å². The highest BCUT2D eigenvalue weighted by molar-refractivity contribution is 5.86. The Morgan fingerprint density at radius 2 is 1.93 bits per heavy atom. The van der Waals surface area contributed by atoms with Crippen molar-refractivity contribution in [2.75, 3.05) is 51.9 Å². The normalized spacial score (nSPS) is 14.4. The molecule has 1 N–H and O–H groups in total. The Bertz CT molecular complexity index is 903. The van der Waals surface area contributed by atoms with Crippen molar-refractivity contribution >= 4 is 22.9 Å². The number of piperazine rings is 1. The van der Waals surface area contributed by atoms with Gasteiger partial charge in [-0.2, -0.15) is 0 Å². The molecular weight excluding hydrogens is 352 g/mol. The van der Waals surface area contributed by atoms with E-state index in [1.807, 2.05) is 4.90 Å². The van der Waals surface area contributed by atoms with Gasteiger partial charge in [0, 0.05) is 37.8 Å². The van der Waals surface area contributed by atoms with Crippen molar-refractivity contribution in [1.29, 1.82) is 0 Å². The molecule has 9 nitrogen and oxygen atoms in total. The van der Waals surface area contributed by atoms with Gasteiger partial charge in [0.15, 0.2) is 11.5 Å². The molecule has 1 saturated heterocycles. The van der Waals surface area contributed by atoms with Gasteiger partial charge in [-0.05, 0) is 13.8 Å². The highest BCUT2D eigenvalue weighted by Crippen LogP contribution is 2.35. The Kier molecular flexibility index (Phi) is 5.38. The van der Waals surface area contributed by atoms with Gasteiger partial charge in [-0.3, -0.25) is 9.78 Å². The first-order valence-corrected chi connectivity index (χ1v) is 8.82. The first-order chi connectivity index (χ1) is 13.0. The number of benzene rings is 1. The maximum absolute atomic E-state index is 12.7. The van der Waals surface area contributed by atoms with E-state index in [0.717, 1.165) is 0 Å².